The van der Waals surface area contributed by atoms with Gasteiger partial charge in [0.2, 0.25) is 11.8 Å². The molecule has 0 atom stereocenters. The number of alkyl halides is 3. The lowest BCUT2D eigenvalue weighted by Crippen LogP contribution is -2.21. The second-order valence-electron chi connectivity index (χ2n) is 5.50. The van der Waals surface area contributed by atoms with Crippen LogP contribution in [-0.2, 0) is 6.18 Å². The van der Waals surface area contributed by atoms with E-state index in [-0.39, 0.29) is 12.6 Å². The molecule has 0 bridgehead atoms. The van der Waals surface area contributed by atoms with Crippen molar-refractivity contribution < 1.29 is 22.6 Å². The maximum absolute atomic E-state index is 13.2. The summed E-state index contributed by atoms with van der Waals surface area (Å²) in [6.07, 6.45) is -2.37. The standard InChI is InChI=1S/C18H22F3N3O2/c1-4-6-11-26-16-13(18(19,20)21)12-22-17(23-16)24(5-2)14-9-7-8-10-15(14)25-3/h7-10,12H,4-6,11H2,1-3H3. The lowest BCUT2D eigenvalue weighted by atomic mass is 10.2. The maximum Gasteiger partial charge on any atom is 0.423 e. The van der Waals surface area contributed by atoms with Crippen molar-refractivity contribution in [3.63, 3.8) is 0 Å². The largest absolute Gasteiger partial charge is 0.495 e. The second-order valence-corrected chi connectivity index (χ2v) is 5.50. The number of ether oxygens (including phenoxy) is 2. The number of benzene rings is 1. The van der Waals surface area contributed by atoms with Gasteiger partial charge in [0, 0.05) is 12.7 Å². The number of unbranched alkanes of at least 4 members (excludes halogenated alkanes) is 1. The van der Waals surface area contributed by atoms with E-state index in [1.807, 2.05) is 26.0 Å². The average Bonchev–Trinajstić information content (AvgIpc) is 2.62. The van der Waals surface area contributed by atoms with Crippen molar-refractivity contribution in [2.75, 3.05) is 25.2 Å². The Kier molecular flexibility index (Phi) is 6.65. The van der Waals surface area contributed by atoms with Gasteiger partial charge in [-0.05, 0) is 25.5 Å². The zero-order valence-electron chi connectivity index (χ0n) is 15.0. The highest BCUT2D eigenvalue weighted by Gasteiger charge is 2.36. The fourth-order valence-electron chi connectivity index (χ4n) is 2.38. The molecule has 0 aliphatic heterocycles. The normalized spacial score (nSPS) is 11.3. The quantitative estimate of drug-likeness (QED) is 0.623. The monoisotopic (exact) mass is 369 g/mol. The molecule has 142 valence electrons. The molecule has 1 aromatic heterocycles. The molecular formula is C18H22F3N3O2. The predicted molar refractivity (Wildman–Crippen MR) is 93.1 cm³/mol. The van der Waals surface area contributed by atoms with Crippen molar-refractivity contribution in [2.24, 2.45) is 0 Å². The molecule has 0 radical (unpaired) electrons. The number of anilines is 2. The number of hydrogen-bond acceptors (Lipinski definition) is 5. The molecule has 8 heteroatoms. The predicted octanol–water partition coefficient (Wildman–Crippen LogP) is 4.84. The third kappa shape index (κ3) is 4.56. The Morgan fingerprint density at radius 1 is 1.15 bits per heavy atom. The fourth-order valence-corrected chi connectivity index (χ4v) is 2.38. The first-order chi connectivity index (χ1) is 12.4. The molecule has 0 N–H and O–H groups in total. The topological polar surface area (TPSA) is 47.5 Å². The van der Waals surface area contributed by atoms with E-state index in [0.29, 0.717) is 24.4 Å². The van der Waals surface area contributed by atoms with Crippen molar-refractivity contribution >= 4 is 11.6 Å². The van der Waals surface area contributed by atoms with Crippen LogP contribution < -0.4 is 14.4 Å². The highest BCUT2D eigenvalue weighted by molar-refractivity contribution is 5.65. The van der Waals surface area contributed by atoms with Gasteiger partial charge in [0.25, 0.3) is 0 Å². The van der Waals surface area contributed by atoms with Gasteiger partial charge in [-0.2, -0.15) is 18.2 Å². The molecule has 2 aromatic rings. The van der Waals surface area contributed by atoms with Crippen LogP contribution in [0.5, 0.6) is 11.6 Å². The lowest BCUT2D eigenvalue weighted by molar-refractivity contribution is -0.139. The SMILES string of the molecule is CCCCOc1nc(N(CC)c2ccccc2OC)ncc1C(F)(F)F. The van der Waals surface area contributed by atoms with Crippen LogP contribution in [0.1, 0.15) is 32.3 Å². The summed E-state index contributed by atoms with van der Waals surface area (Å²) in [4.78, 5) is 9.64. The van der Waals surface area contributed by atoms with Crippen molar-refractivity contribution in [1.82, 2.24) is 9.97 Å². The summed E-state index contributed by atoms with van der Waals surface area (Å²) in [5, 5.41) is 0. The van der Waals surface area contributed by atoms with Crippen LogP contribution in [0.4, 0.5) is 24.8 Å². The van der Waals surface area contributed by atoms with Crippen LogP contribution in [0.25, 0.3) is 0 Å². The molecular weight excluding hydrogens is 347 g/mol. The summed E-state index contributed by atoms with van der Waals surface area (Å²) >= 11 is 0. The minimum atomic E-state index is -4.58. The van der Waals surface area contributed by atoms with Crippen molar-refractivity contribution in [3.8, 4) is 11.6 Å². The van der Waals surface area contributed by atoms with Crippen LogP contribution >= 0.6 is 0 Å². The summed E-state index contributed by atoms with van der Waals surface area (Å²) in [6, 6.07) is 7.17. The molecule has 0 unspecified atom stereocenters. The van der Waals surface area contributed by atoms with Crippen molar-refractivity contribution in [1.29, 1.82) is 0 Å². The van der Waals surface area contributed by atoms with Gasteiger partial charge in [0.1, 0.15) is 11.3 Å². The van der Waals surface area contributed by atoms with Crippen LogP contribution in [-0.4, -0.2) is 30.2 Å². The Morgan fingerprint density at radius 3 is 2.50 bits per heavy atom. The number of hydrogen-bond donors (Lipinski definition) is 0. The third-order valence-electron chi connectivity index (χ3n) is 3.72. The van der Waals surface area contributed by atoms with E-state index in [1.165, 1.54) is 7.11 Å². The molecule has 0 aliphatic rings. The molecule has 0 aliphatic carbocycles. The molecule has 26 heavy (non-hydrogen) atoms. The number of nitrogens with zero attached hydrogens (tertiary/aromatic N) is 3. The van der Waals surface area contributed by atoms with Gasteiger partial charge < -0.3 is 14.4 Å². The minimum absolute atomic E-state index is 0.122. The first kappa shape index (κ1) is 19.8. The summed E-state index contributed by atoms with van der Waals surface area (Å²) in [5.74, 6) is 0.243. The Morgan fingerprint density at radius 2 is 1.88 bits per heavy atom. The minimum Gasteiger partial charge on any atom is -0.495 e. The molecule has 0 spiro atoms. The second kappa shape index (κ2) is 8.73. The maximum atomic E-state index is 13.2. The smallest absolute Gasteiger partial charge is 0.423 e. The van der Waals surface area contributed by atoms with Crippen LogP contribution in [0.3, 0.4) is 0 Å². The van der Waals surface area contributed by atoms with Crippen LogP contribution in [0, 0.1) is 0 Å². The highest BCUT2D eigenvalue weighted by Crippen LogP contribution is 2.37. The molecule has 0 saturated heterocycles. The van der Waals surface area contributed by atoms with Gasteiger partial charge in [-0.15, -0.1) is 0 Å². The van der Waals surface area contributed by atoms with Gasteiger partial charge in [-0.1, -0.05) is 25.5 Å². The van der Waals surface area contributed by atoms with Gasteiger partial charge in [-0.25, -0.2) is 4.98 Å². The molecule has 5 nitrogen and oxygen atoms in total. The number of aromatic nitrogens is 2. The summed E-state index contributed by atoms with van der Waals surface area (Å²) in [7, 11) is 1.53. The fraction of sp³-hybridized carbons (Fsp3) is 0.444. The molecule has 1 aromatic carbocycles. The average molecular weight is 369 g/mol. The van der Waals surface area contributed by atoms with E-state index in [0.717, 1.165) is 12.6 Å². The zero-order valence-corrected chi connectivity index (χ0v) is 15.0. The molecule has 0 amide bonds. The Bertz CT molecular complexity index is 723. The molecule has 0 fully saturated rings. The number of rotatable bonds is 8. The van der Waals surface area contributed by atoms with E-state index in [2.05, 4.69) is 9.97 Å². The van der Waals surface area contributed by atoms with Crippen molar-refractivity contribution in [3.05, 3.63) is 36.0 Å². The van der Waals surface area contributed by atoms with Gasteiger partial charge in [-0.3, -0.25) is 0 Å². The first-order valence-electron chi connectivity index (χ1n) is 8.39. The van der Waals surface area contributed by atoms with Crippen LogP contribution in [0.15, 0.2) is 30.5 Å². The molecule has 0 saturated carbocycles. The van der Waals surface area contributed by atoms with E-state index in [1.54, 1.807) is 17.0 Å². The van der Waals surface area contributed by atoms with E-state index in [9.17, 15) is 13.2 Å². The summed E-state index contributed by atoms with van der Waals surface area (Å²) in [6.45, 7) is 4.39. The Labute approximate surface area is 150 Å². The summed E-state index contributed by atoms with van der Waals surface area (Å²) < 4.78 is 50.3. The number of methoxy groups -OCH3 is 1. The van der Waals surface area contributed by atoms with E-state index < -0.39 is 17.6 Å². The number of para-hydroxylation sites is 2. The third-order valence-corrected chi connectivity index (χ3v) is 3.72. The molecule has 1 heterocycles. The van der Waals surface area contributed by atoms with Gasteiger partial charge in [0.15, 0.2) is 0 Å². The van der Waals surface area contributed by atoms with Gasteiger partial charge in [0.05, 0.1) is 19.4 Å². The first-order valence-corrected chi connectivity index (χ1v) is 8.39. The van der Waals surface area contributed by atoms with E-state index in [4.69, 9.17) is 9.47 Å². The summed E-state index contributed by atoms with van der Waals surface area (Å²) in [5.41, 5.74) is -0.315. The van der Waals surface area contributed by atoms with Gasteiger partial charge >= 0.3 is 6.18 Å². The molecule has 2 rings (SSSR count). The van der Waals surface area contributed by atoms with Crippen molar-refractivity contribution in [2.45, 2.75) is 32.9 Å². The number of halogens is 3. The Balaban J connectivity index is 2.45. The van der Waals surface area contributed by atoms with Crippen LogP contribution in [0.2, 0.25) is 0 Å². The van der Waals surface area contributed by atoms with E-state index >= 15 is 0 Å². The highest BCUT2D eigenvalue weighted by atomic mass is 19.4. The lowest BCUT2D eigenvalue weighted by Gasteiger charge is -2.24. The Hall–Kier alpha value is -2.51. The zero-order chi connectivity index (χ0) is 19.2.